The lowest BCUT2D eigenvalue weighted by atomic mass is 10.2. The van der Waals surface area contributed by atoms with Crippen molar-refractivity contribution in [3.63, 3.8) is 0 Å². The van der Waals surface area contributed by atoms with E-state index in [1.165, 1.54) is 0 Å². The Labute approximate surface area is 201 Å². The zero-order valence-corrected chi connectivity index (χ0v) is 19.6. The molecule has 0 saturated heterocycles. The Morgan fingerprint density at radius 3 is 2.50 bits per heavy atom. The van der Waals surface area contributed by atoms with Crippen molar-refractivity contribution in [2.45, 2.75) is 26.9 Å². The lowest BCUT2D eigenvalue weighted by Gasteiger charge is -2.11. The molecule has 1 heterocycles. The van der Waals surface area contributed by atoms with Crippen molar-refractivity contribution in [2.75, 3.05) is 6.61 Å². The molecule has 0 aliphatic heterocycles. The molecule has 34 heavy (non-hydrogen) atoms. The highest BCUT2D eigenvalue weighted by molar-refractivity contribution is 6.30. The van der Waals surface area contributed by atoms with Gasteiger partial charge in [-0.05, 0) is 67.4 Å². The highest BCUT2D eigenvalue weighted by atomic mass is 35.5. The molecule has 0 saturated carbocycles. The van der Waals surface area contributed by atoms with Gasteiger partial charge >= 0.3 is 5.97 Å². The molecule has 174 valence electrons. The predicted molar refractivity (Wildman–Crippen MR) is 130 cm³/mol. The summed E-state index contributed by atoms with van der Waals surface area (Å²) in [5, 5.41) is 1.01. The van der Waals surface area contributed by atoms with Crippen LogP contribution in [0.15, 0.2) is 75.9 Å². The lowest BCUT2D eigenvalue weighted by Crippen LogP contribution is -2.08. The zero-order chi connectivity index (χ0) is 24.1. The van der Waals surface area contributed by atoms with E-state index >= 15 is 0 Å². The van der Waals surface area contributed by atoms with Crippen LogP contribution < -0.4 is 14.9 Å². The van der Waals surface area contributed by atoms with Gasteiger partial charge in [-0.15, -0.1) is 0 Å². The molecule has 6 nitrogen and oxygen atoms in total. The van der Waals surface area contributed by atoms with Crippen LogP contribution in [0, 0.1) is 6.92 Å². The molecule has 0 atom stereocenters. The van der Waals surface area contributed by atoms with Crippen molar-refractivity contribution in [1.29, 1.82) is 0 Å². The number of halogens is 1. The largest absolute Gasteiger partial charge is 0.489 e. The van der Waals surface area contributed by atoms with Crippen LogP contribution in [0.25, 0.3) is 11.0 Å². The van der Waals surface area contributed by atoms with Gasteiger partial charge in [-0.2, -0.15) is 0 Å². The average Bonchev–Trinajstić information content (AvgIpc) is 2.84. The summed E-state index contributed by atoms with van der Waals surface area (Å²) in [6, 6.07) is 18.8. The first-order valence-electron chi connectivity index (χ1n) is 10.8. The molecular weight excluding hydrogens is 456 g/mol. The number of benzene rings is 3. The standard InChI is InChI=1S/C27H23ClO6/c1-3-13-31-27(30)19-7-9-21(10-8-19)34-26-17(2)33-24-15-22(11-12-23(24)25(26)29)32-16-18-5-4-6-20(28)14-18/h4-12,14-15H,3,13,16H2,1-2H3. The number of carbonyl (C=O) groups excluding carboxylic acids is 1. The summed E-state index contributed by atoms with van der Waals surface area (Å²) >= 11 is 6.01. The Balaban J connectivity index is 1.52. The van der Waals surface area contributed by atoms with E-state index in [4.69, 9.17) is 30.2 Å². The monoisotopic (exact) mass is 478 g/mol. The summed E-state index contributed by atoms with van der Waals surface area (Å²) in [6.07, 6.45) is 0.749. The van der Waals surface area contributed by atoms with Crippen molar-refractivity contribution in [3.05, 3.63) is 98.9 Å². The molecule has 0 N–H and O–H groups in total. The smallest absolute Gasteiger partial charge is 0.338 e. The van der Waals surface area contributed by atoms with Gasteiger partial charge in [0.2, 0.25) is 11.2 Å². The molecule has 0 spiro atoms. The molecule has 0 aliphatic rings. The number of fused-ring (bicyclic) bond motifs is 1. The molecular formula is C27H23ClO6. The Hall–Kier alpha value is -3.77. The minimum absolute atomic E-state index is 0.0846. The Morgan fingerprint density at radius 2 is 1.76 bits per heavy atom. The van der Waals surface area contributed by atoms with Gasteiger partial charge in [-0.25, -0.2) is 4.79 Å². The first-order valence-corrected chi connectivity index (χ1v) is 11.2. The van der Waals surface area contributed by atoms with E-state index in [1.807, 2.05) is 25.1 Å². The van der Waals surface area contributed by atoms with E-state index in [0.717, 1.165) is 12.0 Å². The van der Waals surface area contributed by atoms with Crippen LogP contribution in [0.5, 0.6) is 17.2 Å². The third kappa shape index (κ3) is 5.41. The van der Waals surface area contributed by atoms with E-state index in [2.05, 4.69) is 0 Å². The van der Waals surface area contributed by atoms with Gasteiger partial charge in [0, 0.05) is 11.1 Å². The molecule has 1 aromatic heterocycles. The Morgan fingerprint density at radius 1 is 1.00 bits per heavy atom. The maximum absolute atomic E-state index is 13.1. The molecule has 0 fully saturated rings. The second-order valence-electron chi connectivity index (χ2n) is 7.66. The van der Waals surface area contributed by atoms with Crippen LogP contribution in [-0.4, -0.2) is 12.6 Å². The number of hydrogen-bond acceptors (Lipinski definition) is 6. The average molecular weight is 479 g/mol. The summed E-state index contributed by atoms with van der Waals surface area (Å²) in [5.74, 6) is 0.984. The predicted octanol–water partition coefficient (Wildman–Crippen LogP) is 6.69. The van der Waals surface area contributed by atoms with Crippen LogP contribution >= 0.6 is 11.6 Å². The molecule has 0 bridgehead atoms. The van der Waals surface area contributed by atoms with Gasteiger partial charge in [0.05, 0.1) is 17.6 Å². The van der Waals surface area contributed by atoms with E-state index in [1.54, 1.807) is 55.5 Å². The van der Waals surface area contributed by atoms with Gasteiger partial charge in [0.25, 0.3) is 0 Å². The molecule has 0 aliphatic carbocycles. The molecule has 4 rings (SSSR count). The van der Waals surface area contributed by atoms with Gasteiger partial charge in [0.15, 0.2) is 0 Å². The van der Waals surface area contributed by atoms with Gasteiger partial charge in [0.1, 0.15) is 29.4 Å². The first kappa shape index (κ1) is 23.4. The molecule has 4 aromatic rings. The molecule has 7 heteroatoms. The fraction of sp³-hybridized carbons (Fsp3) is 0.185. The summed E-state index contributed by atoms with van der Waals surface area (Å²) in [5.41, 5.74) is 1.44. The molecule has 3 aromatic carbocycles. The van der Waals surface area contributed by atoms with Crippen LogP contribution in [0.3, 0.4) is 0 Å². The van der Waals surface area contributed by atoms with E-state index < -0.39 is 5.97 Å². The third-order valence-electron chi connectivity index (χ3n) is 5.03. The van der Waals surface area contributed by atoms with E-state index in [9.17, 15) is 9.59 Å². The van der Waals surface area contributed by atoms with Crippen molar-refractivity contribution in [1.82, 2.24) is 0 Å². The SMILES string of the molecule is CCCOC(=O)c1ccc(Oc2c(C)oc3cc(OCc4cccc(Cl)c4)ccc3c2=O)cc1. The number of hydrogen-bond donors (Lipinski definition) is 0. The summed E-state index contributed by atoms with van der Waals surface area (Å²) in [6.45, 7) is 4.28. The second kappa shape index (κ2) is 10.4. The Kier molecular flexibility index (Phi) is 7.18. The topological polar surface area (TPSA) is 75.0 Å². The Bertz CT molecular complexity index is 1370. The molecule has 0 unspecified atom stereocenters. The highest BCUT2D eigenvalue weighted by Crippen LogP contribution is 2.28. The number of carbonyl (C=O) groups is 1. The van der Waals surface area contributed by atoms with Crippen LogP contribution in [0.4, 0.5) is 0 Å². The van der Waals surface area contributed by atoms with Crippen molar-refractivity contribution < 1.29 is 23.4 Å². The fourth-order valence-electron chi connectivity index (χ4n) is 3.32. The van der Waals surface area contributed by atoms with Crippen LogP contribution in [-0.2, 0) is 11.3 Å². The number of aryl methyl sites for hydroxylation is 1. The zero-order valence-electron chi connectivity index (χ0n) is 18.8. The fourth-order valence-corrected chi connectivity index (χ4v) is 3.54. The lowest BCUT2D eigenvalue weighted by molar-refractivity contribution is 0.0505. The van der Waals surface area contributed by atoms with Gasteiger partial charge < -0.3 is 18.6 Å². The van der Waals surface area contributed by atoms with Crippen molar-refractivity contribution in [3.8, 4) is 17.2 Å². The third-order valence-corrected chi connectivity index (χ3v) is 5.26. The minimum atomic E-state index is -0.400. The number of ether oxygens (including phenoxy) is 3. The van der Waals surface area contributed by atoms with Gasteiger partial charge in [-0.3, -0.25) is 4.79 Å². The van der Waals surface area contributed by atoms with Crippen molar-refractivity contribution in [2.24, 2.45) is 0 Å². The van der Waals surface area contributed by atoms with Crippen molar-refractivity contribution >= 4 is 28.5 Å². The summed E-state index contributed by atoms with van der Waals surface area (Å²) in [4.78, 5) is 25.0. The minimum Gasteiger partial charge on any atom is -0.489 e. The maximum Gasteiger partial charge on any atom is 0.338 e. The highest BCUT2D eigenvalue weighted by Gasteiger charge is 2.15. The quantitative estimate of drug-likeness (QED) is 0.262. The van der Waals surface area contributed by atoms with E-state index in [-0.39, 0.29) is 11.2 Å². The molecule has 0 amide bonds. The number of rotatable bonds is 8. The van der Waals surface area contributed by atoms with Crippen LogP contribution in [0.2, 0.25) is 5.02 Å². The first-order chi connectivity index (χ1) is 16.4. The molecule has 0 radical (unpaired) electrons. The van der Waals surface area contributed by atoms with E-state index in [0.29, 0.717) is 52.0 Å². The van der Waals surface area contributed by atoms with Gasteiger partial charge in [-0.1, -0.05) is 30.7 Å². The second-order valence-corrected chi connectivity index (χ2v) is 8.09. The normalized spacial score (nSPS) is 10.8. The summed E-state index contributed by atoms with van der Waals surface area (Å²) in [7, 11) is 0. The number of esters is 1. The maximum atomic E-state index is 13.1. The van der Waals surface area contributed by atoms with Crippen LogP contribution in [0.1, 0.15) is 35.0 Å². The summed E-state index contributed by atoms with van der Waals surface area (Å²) < 4.78 is 22.6.